The number of carbonyl (C=O) groups excluding carboxylic acids is 1. The largest absolute Gasteiger partial charge is 0.495 e. The molecule has 2 rings (SSSR count). The fourth-order valence-electron chi connectivity index (χ4n) is 2.95. The molecule has 0 saturated carbocycles. The average molecular weight is 373 g/mol. The number of nitrogens with zero attached hydrogens (tertiary/aromatic N) is 4. The van der Waals surface area contributed by atoms with Gasteiger partial charge in [-0.25, -0.2) is 0 Å². The van der Waals surface area contributed by atoms with Crippen molar-refractivity contribution in [3.8, 4) is 11.8 Å². The van der Waals surface area contributed by atoms with E-state index in [1.165, 1.54) is 31.5 Å². The summed E-state index contributed by atoms with van der Waals surface area (Å²) in [5, 5.41) is 23.1. The molecule has 1 heterocycles. The van der Waals surface area contributed by atoms with E-state index in [0.29, 0.717) is 11.4 Å². The van der Waals surface area contributed by atoms with E-state index < -0.39 is 4.92 Å². The highest BCUT2D eigenvalue weighted by Crippen LogP contribution is 2.29. The number of nitrogens with one attached hydrogen (secondary N) is 1. The van der Waals surface area contributed by atoms with E-state index in [0.717, 1.165) is 25.9 Å². The van der Waals surface area contributed by atoms with Crippen LogP contribution >= 0.6 is 0 Å². The number of amides is 1. The van der Waals surface area contributed by atoms with Gasteiger partial charge in [-0.15, -0.1) is 0 Å². The van der Waals surface area contributed by atoms with E-state index in [1.807, 2.05) is 13.1 Å². The minimum atomic E-state index is -0.529. The number of nitriles is 1. The molecule has 0 atom stereocenters. The lowest BCUT2D eigenvalue weighted by Crippen LogP contribution is -2.44. The molecule has 0 bridgehead atoms. The van der Waals surface area contributed by atoms with Crippen LogP contribution in [0, 0.1) is 21.4 Å². The fraction of sp³-hybridized carbons (Fsp3) is 0.444. The first-order chi connectivity index (χ1) is 12.9. The molecule has 1 aromatic carbocycles. The standard InChI is InChI=1S/C18H23N5O4/c1-21-8-6-14(7-9-21)22(2)18(24)13(11-19)12-20-16-10-15(23(25)26)4-5-17(16)27-3/h4-5,10,12,14,20H,6-9H2,1-3H3/b13-12-. The van der Waals surface area contributed by atoms with Crippen LogP contribution < -0.4 is 10.1 Å². The Kier molecular flexibility index (Phi) is 6.73. The van der Waals surface area contributed by atoms with Crippen molar-refractivity contribution in [1.29, 1.82) is 5.26 Å². The van der Waals surface area contributed by atoms with Gasteiger partial charge in [0, 0.05) is 31.4 Å². The van der Waals surface area contributed by atoms with E-state index >= 15 is 0 Å². The molecule has 1 fully saturated rings. The highest BCUT2D eigenvalue weighted by Gasteiger charge is 2.26. The van der Waals surface area contributed by atoms with Crippen LogP contribution in [-0.4, -0.2) is 61.0 Å². The molecule has 1 N–H and O–H groups in total. The number of rotatable bonds is 6. The van der Waals surface area contributed by atoms with Crippen LogP contribution in [0.25, 0.3) is 0 Å². The molecule has 0 aromatic heterocycles. The van der Waals surface area contributed by atoms with Gasteiger partial charge in [-0.1, -0.05) is 0 Å². The monoisotopic (exact) mass is 373 g/mol. The van der Waals surface area contributed by atoms with Gasteiger partial charge in [0.2, 0.25) is 0 Å². The molecule has 0 radical (unpaired) electrons. The molecule has 0 unspecified atom stereocenters. The van der Waals surface area contributed by atoms with Gasteiger partial charge in [0.25, 0.3) is 11.6 Å². The molecule has 0 aliphatic carbocycles. The van der Waals surface area contributed by atoms with Crippen molar-refractivity contribution < 1.29 is 14.5 Å². The van der Waals surface area contributed by atoms with E-state index in [2.05, 4.69) is 10.2 Å². The fourth-order valence-corrected chi connectivity index (χ4v) is 2.95. The van der Waals surface area contributed by atoms with Crippen molar-refractivity contribution in [2.75, 3.05) is 39.6 Å². The maximum absolute atomic E-state index is 12.6. The zero-order valence-electron chi connectivity index (χ0n) is 15.6. The van der Waals surface area contributed by atoms with Crippen LogP contribution in [-0.2, 0) is 4.79 Å². The highest BCUT2D eigenvalue weighted by atomic mass is 16.6. The topological polar surface area (TPSA) is 112 Å². The summed E-state index contributed by atoms with van der Waals surface area (Å²) in [7, 11) is 5.16. The molecule has 9 nitrogen and oxygen atoms in total. The first-order valence-corrected chi connectivity index (χ1v) is 8.52. The van der Waals surface area contributed by atoms with Gasteiger partial charge < -0.3 is 19.9 Å². The van der Waals surface area contributed by atoms with Crippen molar-refractivity contribution in [2.45, 2.75) is 18.9 Å². The number of methoxy groups -OCH3 is 1. The zero-order valence-corrected chi connectivity index (χ0v) is 15.6. The second kappa shape index (κ2) is 9.00. The Morgan fingerprint density at radius 3 is 2.70 bits per heavy atom. The van der Waals surface area contributed by atoms with Crippen molar-refractivity contribution in [2.24, 2.45) is 0 Å². The van der Waals surface area contributed by atoms with E-state index in [9.17, 15) is 20.2 Å². The van der Waals surface area contributed by atoms with E-state index in [1.54, 1.807) is 11.9 Å². The number of piperidine rings is 1. The summed E-state index contributed by atoms with van der Waals surface area (Å²) in [5.41, 5.74) is 0.0964. The molecule has 144 valence electrons. The number of hydrogen-bond acceptors (Lipinski definition) is 7. The highest BCUT2D eigenvalue weighted by molar-refractivity contribution is 5.97. The summed E-state index contributed by atoms with van der Waals surface area (Å²) in [6.07, 6.45) is 2.96. The number of non-ortho nitro benzene ring substituents is 1. The molecule has 9 heteroatoms. The van der Waals surface area contributed by atoms with Crippen LogP contribution in [0.2, 0.25) is 0 Å². The number of nitro benzene ring substituents is 1. The molecule has 1 amide bonds. The lowest BCUT2D eigenvalue weighted by molar-refractivity contribution is -0.384. The first-order valence-electron chi connectivity index (χ1n) is 8.52. The number of likely N-dealkylation sites (N-methyl/N-ethyl adjacent to an activating group) is 1. The Balaban J connectivity index is 2.16. The predicted molar refractivity (Wildman–Crippen MR) is 100 cm³/mol. The quantitative estimate of drug-likeness (QED) is 0.351. The number of carbonyl (C=O) groups is 1. The minimum Gasteiger partial charge on any atom is -0.495 e. The van der Waals surface area contributed by atoms with Crippen LogP contribution in [0.5, 0.6) is 5.75 Å². The number of likely N-dealkylation sites (tertiary alicyclic amines) is 1. The number of hydrogen-bond donors (Lipinski definition) is 1. The van der Waals surface area contributed by atoms with E-state index in [-0.39, 0.29) is 23.2 Å². The van der Waals surface area contributed by atoms with Crippen LogP contribution in [0.1, 0.15) is 12.8 Å². The molecule has 0 spiro atoms. The average Bonchev–Trinajstić information content (AvgIpc) is 2.68. The third kappa shape index (κ3) is 4.95. The molecular weight excluding hydrogens is 350 g/mol. The van der Waals surface area contributed by atoms with Crippen molar-refractivity contribution in [1.82, 2.24) is 9.80 Å². The van der Waals surface area contributed by atoms with Crippen LogP contribution in [0.4, 0.5) is 11.4 Å². The lowest BCUT2D eigenvalue weighted by Gasteiger charge is -2.35. The third-order valence-corrected chi connectivity index (χ3v) is 4.67. The van der Waals surface area contributed by atoms with Gasteiger partial charge in [0.15, 0.2) is 0 Å². The molecule has 1 aliphatic rings. The van der Waals surface area contributed by atoms with Crippen LogP contribution in [0.15, 0.2) is 30.0 Å². The predicted octanol–water partition coefficient (Wildman–Crippen LogP) is 1.98. The molecule has 1 aromatic rings. The lowest BCUT2D eigenvalue weighted by atomic mass is 10.0. The maximum Gasteiger partial charge on any atom is 0.271 e. The Labute approximate surface area is 158 Å². The number of nitro groups is 1. The van der Waals surface area contributed by atoms with Gasteiger partial charge in [0.1, 0.15) is 17.4 Å². The Hall–Kier alpha value is -3.12. The normalized spacial score (nSPS) is 15.7. The number of benzene rings is 1. The molecular formula is C18H23N5O4. The van der Waals surface area contributed by atoms with Crippen molar-refractivity contribution >= 4 is 17.3 Å². The SMILES string of the molecule is COc1ccc([N+](=O)[O-])cc1N/C=C(/C#N)C(=O)N(C)C1CCN(C)CC1. The second-order valence-electron chi connectivity index (χ2n) is 6.41. The Morgan fingerprint density at radius 2 is 2.15 bits per heavy atom. The summed E-state index contributed by atoms with van der Waals surface area (Å²) in [5.74, 6) is -0.0192. The molecule has 27 heavy (non-hydrogen) atoms. The first kappa shape index (κ1) is 20.2. The van der Waals surface area contributed by atoms with Crippen molar-refractivity contribution in [3.63, 3.8) is 0 Å². The Morgan fingerprint density at radius 1 is 1.48 bits per heavy atom. The molecule has 1 saturated heterocycles. The maximum atomic E-state index is 12.6. The minimum absolute atomic E-state index is 0.0787. The summed E-state index contributed by atoms with van der Waals surface area (Å²) in [6.45, 7) is 1.80. The summed E-state index contributed by atoms with van der Waals surface area (Å²) in [4.78, 5) is 26.9. The zero-order chi connectivity index (χ0) is 20.0. The van der Waals surface area contributed by atoms with Gasteiger partial charge in [0.05, 0.1) is 17.7 Å². The third-order valence-electron chi connectivity index (χ3n) is 4.67. The molecule has 1 aliphatic heterocycles. The Bertz CT molecular complexity index is 778. The van der Waals surface area contributed by atoms with Crippen molar-refractivity contribution in [3.05, 3.63) is 40.1 Å². The summed E-state index contributed by atoms with van der Waals surface area (Å²) >= 11 is 0. The summed E-state index contributed by atoms with van der Waals surface area (Å²) < 4.78 is 5.16. The smallest absolute Gasteiger partial charge is 0.271 e. The second-order valence-corrected chi connectivity index (χ2v) is 6.41. The number of ether oxygens (including phenoxy) is 1. The van der Waals surface area contributed by atoms with Gasteiger partial charge in [-0.2, -0.15) is 5.26 Å². The number of anilines is 1. The van der Waals surface area contributed by atoms with Gasteiger partial charge in [-0.05, 0) is 39.0 Å². The summed E-state index contributed by atoms with van der Waals surface area (Å²) in [6, 6.07) is 6.04. The van der Waals surface area contributed by atoms with Gasteiger partial charge in [-0.3, -0.25) is 14.9 Å². The van der Waals surface area contributed by atoms with Gasteiger partial charge >= 0.3 is 0 Å². The van der Waals surface area contributed by atoms with E-state index in [4.69, 9.17) is 4.74 Å². The van der Waals surface area contributed by atoms with Crippen LogP contribution in [0.3, 0.4) is 0 Å².